The van der Waals surface area contributed by atoms with E-state index in [2.05, 4.69) is 18.2 Å². The predicted molar refractivity (Wildman–Crippen MR) is 66.6 cm³/mol. The molecular formula is C11H16ClNO4S. The first kappa shape index (κ1) is 12.5. The lowest BCUT2D eigenvalue weighted by atomic mass is 9.66. The summed E-state index contributed by atoms with van der Waals surface area (Å²) in [7, 11) is 1.09. The second-order valence-electron chi connectivity index (χ2n) is 5.98. The second-order valence-corrected chi connectivity index (χ2v) is 8.15. The van der Waals surface area contributed by atoms with E-state index in [9.17, 15) is 8.42 Å². The summed E-state index contributed by atoms with van der Waals surface area (Å²) in [4.78, 5) is 0. The van der Waals surface area contributed by atoms with E-state index in [4.69, 9.17) is 20.2 Å². The number of halogens is 1. The van der Waals surface area contributed by atoms with E-state index in [0.717, 1.165) is 12.8 Å². The molecule has 102 valence electrons. The lowest BCUT2D eigenvalue weighted by molar-refractivity contribution is -0.0736. The lowest BCUT2D eigenvalue weighted by Crippen LogP contribution is -2.51. The first-order valence-corrected chi connectivity index (χ1v) is 8.38. The quantitative estimate of drug-likeness (QED) is 0.694. The smallest absolute Gasteiger partial charge is 0.401 e. The van der Waals surface area contributed by atoms with E-state index in [1.54, 1.807) is 0 Å². The molecule has 2 saturated carbocycles. The van der Waals surface area contributed by atoms with Crippen LogP contribution in [0.1, 0.15) is 33.1 Å². The van der Waals surface area contributed by atoms with Gasteiger partial charge in [0.2, 0.25) is 0 Å². The van der Waals surface area contributed by atoms with Crippen LogP contribution in [0, 0.1) is 17.3 Å². The van der Waals surface area contributed by atoms with Crippen LogP contribution in [-0.2, 0) is 18.7 Å². The average molecular weight is 294 g/mol. The van der Waals surface area contributed by atoms with Gasteiger partial charge in [-0.25, -0.2) is 0 Å². The first-order chi connectivity index (χ1) is 8.25. The number of nitrogens with zero attached hydrogens (tertiary/aromatic N) is 1. The number of hydrogen-bond acceptors (Lipinski definition) is 4. The van der Waals surface area contributed by atoms with Gasteiger partial charge in [0.05, 0.1) is 0 Å². The molecule has 18 heavy (non-hydrogen) atoms. The Morgan fingerprint density at radius 2 is 2.00 bits per heavy atom. The SMILES string of the molecule is CC1(C)C2CCC(C2)C12CO/C(=N/S(=O)(=O)Cl)O2. The van der Waals surface area contributed by atoms with E-state index in [1.807, 2.05) is 0 Å². The molecule has 0 amide bonds. The van der Waals surface area contributed by atoms with Crippen molar-refractivity contribution in [1.82, 2.24) is 0 Å². The van der Waals surface area contributed by atoms with Crippen LogP contribution in [0.3, 0.4) is 0 Å². The zero-order valence-electron chi connectivity index (χ0n) is 10.3. The Bertz CT molecular complexity index is 515. The fourth-order valence-corrected chi connectivity index (χ4v) is 4.41. The van der Waals surface area contributed by atoms with Gasteiger partial charge in [-0.05, 0) is 25.2 Å². The van der Waals surface area contributed by atoms with Crippen molar-refractivity contribution < 1.29 is 17.9 Å². The lowest BCUT2D eigenvalue weighted by Gasteiger charge is -2.44. The second kappa shape index (κ2) is 3.54. The minimum absolute atomic E-state index is 0.0245. The average Bonchev–Trinajstić information content (AvgIpc) is 2.83. The maximum Gasteiger partial charge on any atom is 0.401 e. The molecule has 0 aromatic carbocycles. The van der Waals surface area contributed by atoms with Crippen molar-refractivity contribution in [3.63, 3.8) is 0 Å². The summed E-state index contributed by atoms with van der Waals surface area (Å²) < 4.78 is 36.3. The summed E-state index contributed by atoms with van der Waals surface area (Å²) >= 11 is 0. The molecule has 5 nitrogen and oxygen atoms in total. The van der Waals surface area contributed by atoms with Crippen molar-refractivity contribution >= 4 is 26.0 Å². The van der Waals surface area contributed by atoms with E-state index < -0.39 is 14.8 Å². The Morgan fingerprint density at radius 3 is 2.56 bits per heavy atom. The molecule has 1 spiro atoms. The molecule has 3 fully saturated rings. The van der Waals surface area contributed by atoms with Gasteiger partial charge in [-0.1, -0.05) is 18.2 Å². The summed E-state index contributed by atoms with van der Waals surface area (Å²) in [6, 6.07) is 0. The highest BCUT2D eigenvalue weighted by Gasteiger charge is 2.68. The molecule has 0 N–H and O–H groups in total. The Labute approximate surface area is 111 Å². The Balaban J connectivity index is 1.93. The van der Waals surface area contributed by atoms with E-state index in [-0.39, 0.29) is 11.5 Å². The molecule has 3 atom stereocenters. The highest BCUT2D eigenvalue weighted by molar-refractivity contribution is 8.12. The topological polar surface area (TPSA) is 65.0 Å². The number of hydrogen-bond donors (Lipinski definition) is 0. The molecule has 7 heteroatoms. The molecule has 1 aliphatic heterocycles. The van der Waals surface area contributed by atoms with E-state index in [1.165, 1.54) is 6.42 Å². The predicted octanol–water partition coefficient (Wildman–Crippen LogP) is 2.07. The molecule has 3 rings (SSSR count). The van der Waals surface area contributed by atoms with Gasteiger partial charge in [-0.2, -0.15) is 8.42 Å². The molecule has 1 heterocycles. The molecule has 1 saturated heterocycles. The van der Waals surface area contributed by atoms with Crippen LogP contribution in [0.2, 0.25) is 0 Å². The van der Waals surface area contributed by atoms with Gasteiger partial charge in [0.25, 0.3) is 0 Å². The van der Waals surface area contributed by atoms with Gasteiger partial charge in [0.15, 0.2) is 5.60 Å². The fraction of sp³-hybridized carbons (Fsp3) is 0.909. The highest BCUT2D eigenvalue weighted by atomic mass is 35.7. The molecule has 3 unspecified atom stereocenters. The van der Waals surface area contributed by atoms with Crippen molar-refractivity contribution in [2.75, 3.05) is 6.61 Å². The normalized spacial score (nSPS) is 43.4. The van der Waals surface area contributed by atoms with Crippen LogP contribution in [-0.4, -0.2) is 26.7 Å². The Kier molecular flexibility index (Phi) is 2.46. The maximum atomic E-state index is 10.9. The molecule has 0 radical (unpaired) electrons. The third-order valence-electron chi connectivity index (χ3n) is 5.07. The minimum Gasteiger partial charge on any atom is -0.446 e. The van der Waals surface area contributed by atoms with Crippen LogP contribution in [0.15, 0.2) is 4.40 Å². The molecular weight excluding hydrogens is 278 g/mol. The summed E-state index contributed by atoms with van der Waals surface area (Å²) in [5, 5.41) is 0. The molecule has 2 bridgehead atoms. The van der Waals surface area contributed by atoms with Crippen molar-refractivity contribution in [1.29, 1.82) is 0 Å². The van der Waals surface area contributed by atoms with Gasteiger partial charge in [0.1, 0.15) is 6.61 Å². The largest absolute Gasteiger partial charge is 0.446 e. The minimum atomic E-state index is -3.99. The highest BCUT2D eigenvalue weighted by Crippen LogP contribution is 2.64. The van der Waals surface area contributed by atoms with Crippen LogP contribution in [0.4, 0.5) is 0 Å². The number of ether oxygens (including phenoxy) is 2. The van der Waals surface area contributed by atoms with Crippen LogP contribution in [0.5, 0.6) is 0 Å². The number of rotatable bonds is 1. The summed E-state index contributed by atoms with van der Waals surface area (Å²) in [5.41, 5.74) is -0.459. The van der Waals surface area contributed by atoms with Gasteiger partial charge in [-0.3, -0.25) is 0 Å². The van der Waals surface area contributed by atoms with Gasteiger partial charge < -0.3 is 9.47 Å². The summed E-state index contributed by atoms with van der Waals surface area (Å²) in [5.74, 6) is 1.03. The standard InChI is InChI=1S/C11H16ClNO4S/c1-10(2)7-3-4-8(5-7)11(10)6-16-9(17-11)13-18(12,14)15/h7-8H,3-6H2,1-2H3/b13-9-. The van der Waals surface area contributed by atoms with Crippen LogP contribution < -0.4 is 0 Å². The van der Waals surface area contributed by atoms with Gasteiger partial charge in [-0.15, -0.1) is 0 Å². The van der Waals surface area contributed by atoms with Gasteiger partial charge in [0, 0.05) is 22.0 Å². The molecule has 0 aromatic rings. The number of fused-ring (bicyclic) bond motifs is 3. The van der Waals surface area contributed by atoms with Crippen molar-refractivity contribution in [3.05, 3.63) is 0 Å². The van der Waals surface area contributed by atoms with E-state index >= 15 is 0 Å². The zero-order valence-corrected chi connectivity index (χ0v) is 11.9. The zero-order chi connectivity index (χ0) is 13.2. The third kappa shape index (κ3) is 1.58. The van der Waals surface area contributed by atoms with Gasteiger partial charge >= 0.3 is 15.3 Å². The van der Waals surface area contributed by atoms with Crippen LogP contribution >= 0.6 is 10.7 Å². The molecule has 3 aliphatic rings. The van der Waals surface area contributed by atoms with Crippen molar-refractivity contribution in [2.45, 2.75) is 38.7 Å². The summed E-state index contributed by atoms with van der Waals surface area (Å²) in [6.07, 6.45) is 3.24. The summed E-state index contributed by atoms with van der Waals surface area (Å²) in [6.45, 7) is 4.70. The van der Waals surface area contributed by atoms with Crippen molar-refractivity contribution in [2.24, 2.45) is 21.6 Å². The fourth-order valence-electron chi connectivity index (χ4n) is 3.97. The maximum absolute atomic E-state index is 10.9. The third-order valence-corrected chi connectivity index (χ3v) is 5.64. The van der Waals surface area contributed by atoms with E-state index in [0.29, 0.717) is 18.4 Å². The van der Waals surface area contributed by atoms with Crippen LogP contribution in [0.25, 0.3) is 0 Å². The Hall–Kier alpha value is -0.490. The Morgan fingerprint density at radius 1 is 1.33 bits per heavy atom. The monoisotopic (exact) mass is 293 g/mol. The first-order valence-electron chi connectivity index (χ1n) is 6.11. The van der Waals surface area contributed by atoms with Crippen molar-refractivity contribution in [3.8, 4) is 0 Å². The molecule has 0 aromatic heterocycles. The molecule has 2 aliphatic carbocycles.